The van der Waals surface area contributed by atoms with Gasteiger partial charge in [0.1, 0.15) is 15.6 Å². The number of hydrogen-bond acceptors (Lipinski definition) is 5. The van der Waals surface area contributed by atoms with Gasteiger partial charge in [-0.1, -0.05) is 12.1 Å². The molecule has 3 rings (SSSR count). The minimum atomic E-state index is -0.0629. The molecule has 0 saturated heterocycles. The van der Waals surface area contributed by atoms with Gasteiger partial charge in [0.05, 0.1) is 24.9 Å². The van der Waals surface area contributed by atoms with Crippen molar-refractivity contribution < 1.29 is 14.3 Å². The van der Waals surface area contributed by atoms with Crippen LogP contribution in [0.1, 0.15) is 50.9 Å². The molecule has 0 spiro atoms. The van der Waals surface area contributed by atoms with Crippen molar-refractivity contribution in [2.24, 2.45) is 0 Å². The molecule has 0 saturated carbocycles. The Hall–Kier alpha value is -1.92. The lowest BCUT2D eigenvalue weighted by atomic mass is 10.1. The third-order valence-electron chi connectivity index (χ3n) is 4.15. The summed E-state index contributed by atoms with van der Waals surface area (Å²) in [7, 11) is 1.63. The summed E-state index contributed by atoms with van der Waals surface area (Å²) in [6, 6.07) is 6.09. The SMILES string of the molecule is CCOc1cccc2c1CC[C@@H]2NC(=O)c1sc(COC)nc1C. The van der Waals surface area contributed by atoms with E-state index in [1.165, 1.54) is 16.9 Å². The Morgan fingerprint density at radius 3 is 3.04 bits per heavy atom. The maximum atomic E-state index is 12.6. The highest BCUT2D eigenvalue weighted by molar-refractivity contribution is 7.13. The molecule has 1 heterocycles. The number of ether oxygens (including phenoxy) is 2. The van der Waals surface area contributed by atoms with E-state index in [1.54, 1.807) is 7.11 Å². The van der Waals surface area contributed by atoms with Crippen LogP contribution in [0.2, 0.25) is 0 Å². The Labute approximate surface area is 146 Å². The second kappa shape index (κ2) is 7.32. The zero-order chi connectivity index (χ0) is 17.1. The molecule has 1 aliphatic carbocycles. The number of benzene rings is 1. The molecule has 2 aromatic rings. The van der Waals surface area contributed by atoms with Gasteiger partial charge in [-0.3, -0.25) is 4.79 Å². The molecule has 6 heteroatoms. The lowest BCUT2D eigenvalue weighted by Crippen LogP contribution is -2.27. The van der Waals surface area contributed by atoms with E-state index in [-0.39, 0.29) is 11.9 Å². The van der Waals surface area contributed by atoms with Crippen LogP contribution in [0, 0.1) is 6.92 Å². The molecule has 0 bridgehead atoms. The summed E-state index contributed by atoms with van der Waals surface area (Å²) < 4.78 is 10.8. The molecular formula is C18H22N2O3S. The molecule has 0 fully saturated rings. The monoisotopic (exact) mass is 346 g/mol. The molecule has 0 radical (unpaired) electrons. The molecule has 1 aliphatic rings. The summed E-state index contributed by atoms with van der Waals surface area (Å²) >= 11 is 1.40. The number of fused-ring (bicyclic) bond motifs is 1. The molecule has 0 aliphatic heterocycles. The van der Waals surface area contributed by atoms with Gasteiger partial charge < -0.3 is 14.8 Å². The second-order valence-electron chi connectivity index (χ2n) is 5.78. The Balaban J connectivity index is 1.77. The Morgan fingerprint density at radius 1 is 1.46 bits per heavy atom. The average molecular weight is 346 g/mol. The van der Waals surface area contributed by atoms with Crippen LogP contribution in [-0.2, 0) is 17.8 Å². The van der Waals surface area contributed by atoms with Gasteiger partial charge >= 0.3 is 0 Å². The highest BCUT2D eigenvalue weighted by Crippen LogP contribution is 2.37. The lowest BCUT2D eigenvalue weighted by Gasteiger charge is -2.14. The highest BCUT2D eigenvalue weighted by atomic mass is 32.1. The standard InChI is InChI=1S/C18H22N2O3S/c1-4-23-15-7-5-6-12-13(15)8-9-14(12)20-18(21)17-11(2)19-16(24-17)10-22-3/h5-7,14H,4,8-10H2,1-3H3,(H,20,21)/t14-/m0/s1. The molecule has 5 nitrogen and oxygen atoms in total. The smallest absolute Gasteiger partial charge is 0.263 e. The van der Waals surface area contributed by atoms with Crippen LogP contribution in [0.15, 0.2) is 18.2 Å². The van der Waals surface area contributed by atoms with Crippen molar-refractivity contribution in [1.29, 1.82) is 0 Å². The molecule has 1 amide bonds. The molecule has 1 N–H and O–H groups in total. The van der Waals surface area contributed by atoms with Crippen LogP contribution in [0.4, 0.5) is 0 Å². The molecule has 0 unspecified atom stereocenters. The van der Waals surface area contributed by atoms with Crippen molar-refractivity contribution in [3.05, 3.63) is 44.9 Å². The Kier molecular flexibility index (Phi) is 5.16. The zero-order valence-corrected chi connectivity index (χ0v) is 15.0. The number of thiazole rings is 1. The van der Waals surface area contributed by atoms with Crippen molar-refractivity contribution in [1.82, 2.24) is 10.3 Å². The zero-order valence-electron chi connectivity index (χ0n) is 14.2. The second-order valence-corrected chi connectivity index (χ2v) is 6.86. The molecule has 1 atom stereocenters. The third-order valence-corrected chi connectivity index (χ3v) is 5.28. The van der Waals surface area contributed by atoms with E-state index in [1.807, 2.05) is 26.0 Å². The predicted molar refractivity (Wildman–Crippen MR) is 93.7 cm³/mol. The van der Waals surface area contributed by atoms with E-state index < -0.39 is 0 Å². The van der Waals surface area contributed by atoms with Crippen LogP contribution in [0.5, 0.6) is 5.75 Å². The molecule has 24 heavy (non-hydrogen) atoms. The van der Waals surface area contributed by atoms with Crippen LogP contribution in [-0.4, -0.2) is 24.6 Å². The molecule has 128 valence electrons. The van der Waals surface area contributed by atoms with E-state index in [2.05, 4.69) is 16.4 Å². The van der Waals surface area contributed by atoms with Gasteiger partial charge in [-0.15, -0.1) is 11.3 Å². The number of methoxy groups -OCH3 is 1. The van der Waals surface area contributed by atoms with Crippen LogP contribution < -0.4 is 10.1 Å². The van der Waals surface area contributed by atoms with Crippen molar-refractivity contribution in [2.75, 3.05) is 13.7 Å². The fraction of sp³-hybridized carbons (Fsp3) is 0.444. The molecule has 1 aromatic heterocycles. The highest BCUT2D eigenvalue weighted by Gasteiger charge is 2.28. The Morgan fingerprint density at radius 2 is 2.29 bits per heavy atom. The van der Waals surface area contributed by atoms with E-state index in [0.717, 1.165) is 34.9 Å². The summed E-state index contributed by atoms with van der Waals surface area (Å²) in [6.07, 6.45) is 1.82. The number of rotatable bonds is 6. The van der Waals surface area contributed by atoms with Crippen molar-refractivity contribution in [2.45, 2.75) is 39.3 Å². The minimum Gasteiger partial charge on any atom is -0.494 e. The van der Waals surface area contributed by atoms with E-state index >= 15 is 0 Å². The van der Waals surface area contributed by atoms with E-state index in [0.29, 0.717) is 18.1 Å². The van der Waals surface area contributed by atoms with E-state index in [9.17, 15) is 4.79 Å². The molecular weight excluding hydrogens is 324 g/mol. The van der Waals surface area contributed by atoms with Crippen LogP contribution in [0.3, 0.4) is 0 Å². The summed E-state index contributed by atoms with van der Waals surface area (Å²) in [5.74, 6) is 0.870. The van der Waals surface area contributed by atoms with Gasteiger partial charge in [-0.2, -0.15) is 0 Å². The first kappa shape index (κ1) is 16.9. The van der Waals surface area contributed by atoms with Gasteiger partial charge in [0, 0.05) is 7.11 Å². The van der Waals surface area contributed by atoms with Crippen molar-refractivity contribution in [3.8, 4) is 5.75 Å². The van der Waals surface area contributed by atoms with Gasteiger partial charge in [-0.05, 0) is 43.9 Å². The summed E-state index contributed by atoms with van der Waals surface area (Å²) in [6.45, 7) is 4.93. The molecule has 1 aromatic carbocycles. The first-order valence-corrected chi connectivity index (χ1v) is 8.96. The van der Waals surface area contributed by atoms with Crippen LogP contribution in [0.25, 0.3) is 0 Å². The maximum absolute atomic E-state index is 12.6. The number of hydrogen-bond donors (Lipinski definition) is 1. The van der Waals surface area contributed by atoms with Gasteiger partial charge in [0.2, 0.25) is 0 Å². The van der Waals surface area contributed by atoms with Gasteiger partial charge in [-0.25, -0.2) is 4.98 Å². The first-order chi connectivity index (χ1) is 11.6. The first-order valence-electron chi connectivity index (χ1n) is 8.14. The minimum absolute atomic E-state index is 0.0280. The summed E-state index contributed by atoms with van der Waals surface area (Å²) in [5.41, 5.74) is 3.13. The largest absolute Gasteiger partial charge is 0.494 e. The van der Waals surface area contributed by atoms with Crippen LogP contribution >= 0.6 is 11.3 Å². The van der Waals surface area contributed by atoms with Gasteiger partial charge in [0.15, 0.2) is 0 Å². The fourth-order valence-corrected chi connectivity index (χ4v) is 4.07. The topological polar surface area (TPSA) is 60.5 Å². The number of carbonyl (C=O) groups is 1. The lowest BCUT2D eigenvalue weighted by molar-refractivity contribution is 0.0940. The van der Waals surface area contributed by atoms with Crippen molar-refractivity contribution >= 4 is 17.2 Å². The number of nitrogens with one attached hydrogen (secondary N) is 1. The van der Waals surface area contributed by atoms with Crippen molar-refractivity contribution in [3.63, 3.8) is 0 Å². The number of carbonyl (C=O) groups excluding carboxylic acids is 1. The number of aromatic nitrogens is 1. The number of nitrogens with zero attached hydrogens (tertiary/aromatic N) is 1. The maximum Gasteiger partial charge on any atom is 0.263 e. The van der Waals surface area contributed by atoms with E-state index in [4.69, 9.17) is 9.47 Å². The Bertz CT molecular complexity index is 742. The third kappa shape index (κ3) is 3.30. The fourth-order valence-electron chi connectivity index (χ4n) is 3.13. The summed E-state index contributed by atoms with van der Waals surface area (Å²) in [4.78, 5) is 17.7. The summed E-state index contributed by atoms with van der Waals surface area (Å²) in [5, 5.41) is 3.98. The normalized spacial score (nSPS) is 16.0. The predicted octanol–water partition coefficient (Wildman–Crippen LogP) is 3.41. The number of amides is 1. The average Bonchev–Trinajstić information content (AvgIpc) is 3.13. The quantitative estimate of drug-likeness (QED) is 0.871. The number of aryl methyl sites for hydroxylation is 1. The van der Waals surface area contributed by atoms with Gasteiger partial charge in [0.25, 0.3) is 5.91 Å².